The van der Waals surface area contributed by atoms with Crippen LogP contribution < -0.4 is 10.6 Å². The van der Waals surface area contributed by atoms with Crippen molar-refractivity contribution in [3.8, 4) is 0 Å². The summed E-state index contributed by atoms with van der Waals surface area (Å²) in [5.74, 6) is -0.566. The molecule has 21 heavy (non-hydrogen) atoms. The lowest BCUT2D eigenvalue weighted by molar-refractivity contribution is -0.183. The Kier molecular flexibility index (Phi) is 5.38. The highest BCUT2D eigenvalue weighted by atomic mass is 19.4. The minimum absolute atomic E-state index is 0.0125. The number of rotatable bonds is 2. The molecular weight excluding hydrogens is 281 g/mol. The third kappa shape index (κ3) is 5.08. The zero-order chi connectivity index (χ0) is 15.5. The number of hydrogen-bond donors (Lipinski definition) is 2. The normalized spacial score (nSPS) is 34.3. The van der Waals surface area contributed by atoms with Gasteiger partial charge in [0, 0.05) is 12.1 Å². The van der Waals surface area contributed by atoms with Gasteiger partial charge in [-0.25, -0.2) is 4.79 Å². The van der Waals surface area contributed by atoms with Gasteiger partial charge < -0.3 is 10.6 Å². The fourth-order valence-electron chi connectivity index (χ4n) is 3.44. The zero-order valence-electron chi connectivity index (χ0n) is 12.5. The highest BCUT2D eigenvalue weighted by Gasteiger charge is 2.42. The second-order valence-corrected chi connectivity index (χ2v) is 6.68. The van der Waals surface area contributed by atoms with Gasteiger partial charge >= 0.3 is 12.2 Å². The minimum atomic E-state index is -4.14. The Bertz CT molecular complexity index is 351. The van der Waals surface area contributed by atoms with Crippen LogP contribution in [-0.2, 0) is 0 Å². The molecule has 0 saturated heterocycles. The van der Waals surface area contributed by atoms with Crippen molar-refractivity contribution in [3.05, 3.63) is 0 Å². The van der Waals surface area contributed by atoms with Gasteiger partial charge in [-0.1, -0.05) is 13.3 Å². The van der Waals surface area contributed by atoms with Gasteiger partial charge in [-0.15, -0.1) is 0 Å². The number of alkyl halides is 3. The van der Waals surface area contributed by atoms with Crippen LogP contribution in [0.25, 0.3) is 0 Å². The highest BCUT2D eigenvalue weighted by molar-refractivity contribution is 5.74. The quantitative estimate of drug-likeness (QED) is 0.796. The molecule has 0 aliphatic heterocycles. The standard InChI is InChI=1S/C15H25F3N2O/c1-10-5-7-12(8-6-10)19-14(21)20-13-4-2-3-11(9-13)15(16,17)18/h10-13H,2-9H2,1H3,(H2,19,20,21)/t10?,11-,12?,13+/m1/s1. The van der Waals surface area contributed by atoms with Crippen LogP contribution in [0.4, 0.5) is 18.0 Å². The van der Waals surface area contributed by atoms with E-state index in [-0.39, 0.29) is 31.0 Å². The van der Waals surface area contributed by atoms with E-state index in [1.807, 2.05) is 0 Å². The number of carbonyl (C=O) groups excluding carboxylic acids is 1. The van der Waals surface area contributed by atoms with Crippen molar-refractivity contribution in [3.63, 3.8) is 0 Å². The van der Waals surface area contributed by atoms with E-state index in [4.69, 9.17) is 0 Å². The van der Waals surface area contributed by atoms with E-state index >= 15 is 0 Å². The third-order valence-electron chi connectivity index (χ3n) is 4.82. The van der Waals surface area contributed by atoms with Crippen molar-refractivity contribution in [1.29, 1.82) is 0 Å². The van der Waals surface area contributed by atoms with Crippen LogP contribution >= 0.6 is 0 Å². The van der Waals surface area contributed by atoms with Crippen molar-refractivity contribution in [1.82, 2.24) is 10.6 Å². The first-order valence-corrected chi connectivity index (χ1v) is 7.98. The first kappa shape index (κ1) is 16.4. The Morgan fingerprint density at radius 1 is 0.952 bits per heavy atom. The van der Waals surface area contributed by atoms with Crippen LogP contribution in [0.5, 0.6) is 0 Å². The Labute approximate surface area is 124 Å². The van der Waals surface area contributed by atoms with Crippen LogP contribution in [-0.4, -0.2) is 24.3 Å². The topological polar surface area (TPSA) is 41.1 Å². The van der Waals surface area contributed by atoms with E-state index in [0.29, 0.717) is 18.8 Å². The van der Waals surface area contributed by atoms with E-state index in [0.717, 1.165) is 25.7 Å². The molecule has 0 aromatic heterocycles. The fraction of sp³-hybridized carbons (Fsp3) is 0.933. The molecule has 2 aliphatic carbocycles. The number of carbonyl (C=O) groups is 1. The second kappa shape index (κ2) is 6.88. The number of urea groups is 1. The molecule has 2 amide bonds. The SMILES string of the molecule is CC1CCC(NC(=O)N[C@H]2CCC[C@@H](C(F)(F)F)C2)CC1. The Hall–Kier alpha value is -0.940. The summed E-state index contributed by atoms with van der Waals surface area (Å²) >= 11 is 0. The molecule has 0 radical (unpaired) electrons. The minimum Gasteiger partial charge on any atom is -0.335 e. The molecule has 2 saturated carbocycles. The van der Waals surface area contributed by atoms with Crippen molar-refractivity contribution in [2.45, 2.75) is 76.6 Å². The lowest BCUT2D eigenvalue weighted by Crippen LogP contribution is -2.49. The molecule has 0 spiro atoms. The first-order chi connectivity index (χ1) is 9.84. The van der Waals surface area contributed by atoms with Gasteiger partial charge in [-0.2, -0.15) is 13.2 Å². The van der Waals surface area contributed by atoms with Gasteiger partial charge in [-0.05, 0) is 50.9 Å². The number of nitrogens with one attached hydrogen (secondary N) is 2. The van der Waals surface area contributed by atoms with Crippen LogP contribution in [0.2, 0.25) is 0 Å². The number of halogens is 3. The molecule has 2 fully saturated rings. The van der Waals surface area contributed by atoms with E-state index in [2.05, 4.69) is 17.6 Å². The van der Waals surface area contributed by atoms with Crippen molar-refractivity contribution in [2.24, 2.45) is 11.8 Å². The van der Waals surface area contributed by atoms with E-state index in [1.165, 1.54) is 0 Å². The van der Waals surface area contributed by atoms with Gasteiger partial charge in [-0.3, -0.25) is 0 Å². The summed E-state index contributed by atoms with van der Waals surface area (Å²) in [7, 11) is 0. The lowest BCUT2D eigenvalue weighted by Gasteiger charge is -2.32. The van der Waals surface area contributed by atoms with E-state index in [9.17, 15) is 18.0 Å². The number of hydrogen-bond acceptors (Lipinski definition) is 1. The summed E-state index contributed by atoms with van der Waals surface area (Å²) in [4.78, 5) is 11.9. The van der Waals surface area contributed by atoms with E-state index < -0.39 is 12.1 Å². The highest BCUT2D eigenvalue weighted by Crippen LogP contribution is 2.37. The predicted molar refractivity (Wildman–Crippen MR) is 74.9 cm³/mol. The summed E-state index contributed by atoms with van der Waals surface area (Å²) in [6.07, 6.45) is 1.35. The Morgan fingerprint density at radius 2 is 1.57 bits per heavy atom. The molecule has 6 heteroatoms. The molecule has 2 N–H and O–H groups in total. The monoisotopic (exact) mass is 306 g/mol. The predicted octanol–water partition coefficient (Wildman–Crippen LogP) is 3.99. The van der Waals surface area contributed by atoms with Gasteiger partial charge in [0.15, 0.2) is 0 Å². The molecular formula is C15H25F3N2O. The van der Waals surface area contributed by atoms with Gasteiger partial charge in [0.1, 0.15) is 0 Å². The first-order valence-electron chi connectivity index (χ1n) is 7.98. The Balaban J connectivity index is 1.74. The largest absolute Gasteiger partial charge is 0.391 e. The lowest BCUT2D eigenvalue weighted by atomic mass is 9.85. The molecule has 2 atom stereocenters. The summed E-state index contributed by atoms with van der Waals surface area (Å²) in [6.45, 7) is 2.20. The maximum Gasteiger partial charge on any atom is 0.391 e. The molecule has 0 unspecified atom stereocenters. The van der Waals surface area contributed by atoms with Crippen molar-refractivity contribution < 1.29 is 18.0 Å². The maximum atomic E-state index is 12.7. The van der Waals surface area contributed by atoms with Crippen molar-refractivity contribution in [2.75, 3.05) is 0 Å². The van der Waals surface area contributed by atoms with Crippen LogP contribution in [0.15, 0.2) is 0 Å². The molecule has 0 aromatic carbocycles. The van der Waals surface area contributed by atoms with Crippen LogP contribution in [0.1, 0.15) is 58.3 Å². The fourth-order valence-corrected chi connectivity index (χ4v) is 3.44. The summed E-state index contributed by atoms with van der Waals surface area (Å²) in [5, 5.41) is 5.64. The van der Waals surface area contributed by atoms with E-state index in [1.54, 1.807) is 0 Å². The molecule has 2 rings (SSSR count). The molecule has 2 aliphatic rings. The summed E-state index contributed by atoms with van der Waals surface area (Å²) in [6, 6.07) is -0.488. The third-order valence-corrected chi connectivity index (χ3v) is 4.82. The van der Waals surface area contributed by atoms with Crippen LogP contribution in [0.3, 0.4) is 0 Å². The zero-order valence-corrected chi connectivity index (χ0v) is 12.5. The average molecular weight is 306 g/mol. The van der Waals surface area contributed by atoms with Gasteiger partial charge in [0.25, 0.3) is 0 Å². The second-order valence-electron chi connectivity index (χ2n) is 6.68. The molecule has 122 valence electrons. The molecule has 0 heterocycles. The molecule has 3 nitrogen and oxygen atoms in total. The summed E-state index contributed by atoms with van der Waals surface area (Å²) in [5.41, 5.74) is 0. The summed E-state index contributed by atoms with van der Waals surface area (Å²) < 4.78 is 38.2. The maximum absolute atomic E-state index is 12.7. The number of amides is 2. The van der Waals surface area contributed by atoms with Gasteiger partial charge in [0.2, 0.25) is 0 Å². The molecule has 0 bridgehead atoms. The smallest absolute Gasteiger partial charge is 0.335 e. The van der Waals surface area contributed by atoms with Crippen molar-refractivity contribution >= 4 is 6.03 Å². The van der Waals surface area contributed by atoms with Crippen LogP contribution in [0, 0.1) is 11.8 Å². The van der Waals surface area contributed by atoms with Gasteiger partial charge in [0.05, 0.1) is 5.92 Å². The molecule has 0 aromatic rings. The Morgan fingerprint density at radius 3 is 2.19 bits per heavy atom. The average Bonchev–Trinajstić information content (AvgIpc) is 2.41.